The summed E-state index contributed by atoms with van der Waals surface area (Å²) in [6, 6.07) is 0. The topological polar surface area (TPSA) is 61.4 Å². The summed E-state index contributed by atoms with van der Waals surface area (Å²) in [6.07, 6.45) is 5.72. The molecule has 0 atom stereocenters. The molecule has 2 heterocycles. The van der Waals surface area contributed by atoms with Crippen LogP contribution in [-0.2, 0) is 4.79 Å². The van der Waals surface area contributed by atoms with Crippen LogP contribution in [0.25, 0.3) is 0 Å². The molecular weight excluding hydrogens is 242 g/mol. The fraction of sp³-hybridized carbons (Fsp3) is 0.615. The highest BCUT2D eigenvalue weighted by Gasteiger charge is 2.21. The number of piperazine rings is 1. The number of hydrogen-bond donors (Lipinski definition) is 1. The van der Waals surface area contributed by atoms with Crippen molar-refractivity contribution in [3.63, 3.8) is 0 Å². The molecule has 19 heavy (non-hydrogen) atoms. The lowest BCUT2D eigenvalue weighted by Gasteiger charge is -2.35. The molecule has 1 aromatic rings. The number of hydrogen-bond acceptors (Lipinski definition) is 5. The fourth-order valence-corrected chi connectivity index (χ4v) is 2.17. The van der Waals surface area contributed by atoms with E-state index >= 15 is 0 Å². The molecule has 104 valence electrons. The first-order chi connectivity index (χ1) is 9.31. The Morgan fingerprint density at radius 1 is 1.32 bits per heavy atom. The Kier molecular flexibility index (Phi) is 5.09. The molecule has 6 nitrogen and oxygen atoms in total. The maximum absolute atomic E-state index is 12.0. The number of amides is 1. The van der Waals surface area contributed by atoms with Crippen molar-refractivity contribution in [3.8, 4) is 0 Å². The van der Waals surface area contributed by atoms with E-state index < -0.39 is 0 Å². The van der Waals surface area contributed by atoms with Crippen LogP contribution in [0.3, 0.4) is 0 Å². The molecule has 1 N–H and O–H groups in total. The zero-order valence-corrected chi connectivity index (χ0v) is 11.4. The fourth-order valence-electron chi connectivity index (χ4n) is 2.17. The lowest BCUT2D eigenvalue weighted by molar-refractivity contribution is -0.131. The van der Waals surface area contributed by atoms with Crippen LogP contribution in [0, 0.1) is 0 Å². The Morgan fingerprint density at radius 3 is 2.74 bits per heavy atom. The molecule has 0 radical (unpaired) electrons. The van der Waals surface area contributed by atoms with Gasteiger partial charge in [0.15, 0.2) is 0 Å². The van der Waals surface area contributed by atoms with Crippen molar-refractivity contribution < 1.29 is 4.79 Å². The standard InChI is InChI=1S/C13H21N5O/c1-2-14-4-3-13(19)18-9-7-17(8-10-18)12-11-15-5-6-16-12/h5-6,11,14H,2-4,7-10H2,1H3. The van der Waals surface area contributed by atoms with Crippen LogP contribution in [0.2, 0.25) is 0 Å². The van der Waals surface area contributed by atoms with Gasteiger partial charge in [0.2, 0.25) is 5.91 Å². The van der Waals surface area contributed by atoms with Crippen molar-refractivity contribution in [2.45, 2.75) is 13.3 Å². The molecular formula is C13H21N5O. The minimum Gasteiger partial charge on any atom is -0.352 e. The summed E-state index contributed by atoms with van der Waals surface area (Å²) in [5.41, 5.74) is 0. The van der Waals surface area contributed by atoms with Crippen molar-refractivity contribution in [1.29, 1.82) is 0 Å². The van der Waals surface area contributed by atoms with E-state index in [4.69, 9.17) is 0 Å². The summed E-state index contributed by atoms with van der Waals surface area (Å²) in [4.78, 5) is 24.4. The molecule has 0 aromatic carbocycles. The van der Waals surface area contributed by atoms with Crippen molar-refractivity contribution in [1.82, 2.24) is 20.2 Å². The van der Waals surface area contributed by atoms with Gasteiger partial charge >= 0.3 is 0 Å². The van der Waals surface area contributed by atoms with Gasteiger partial charge < -0.3 is 15.1 Å². The van der Waals surface area contributed by atoms with Crippen molar-refractivity contribution in [2.75, 3.05) is 44.2 Å². The first kappa shape index (κ1) is 13.7. The average Bonchev–Trinajstić information content (AvgIpc) is 2.48. The summed E-state index contributed by atoms with van der Waals surface area (Å²) in [7, 11) is 0. The van der Waals surface area contributed by atoms with Crippen LogP contribution in [-0.4, -0.2) is 60.0 Å². The Morgan fingerprint density at radius 2 is 2.11 bits per heavy atom. The van der Waals surface area contributed by atoms with Gasteiger partial charge in [0.1, 0.15) is 5.82 Å². The third-order valence-corrected chi connectivity index (χ3v) is 3.27. The molecule has 1 saturated heterocycles. The normalized spacial score (nSPS) is 15.6. The van der Waals surface area contributed by atoms with Crippen molar-refractivity contribution in [3.05, 3.63) is 18.6 Å². The molecule has 0 saturated carbocycles. The highest BCUT2D eigenvalue weighted by atomic mass is 16.2. The number of nitrogens with zero attached hydrogens (tertiary/aromatic N) is 4. The van der Waals surface area contributed by atoms with Gasteiger partial charge in [-0.25, -0.2) is 4.98 Å². The van der Waals surface area contributed by atoms with E-state index in [0.29, 0.717) is 6.42 Å². The van der Waals surface area contributed by atoms with Crippen LogP contribution in [0.1, 0.15) is 13.3 Å². The van der Waals surface area contributed by atoms with Crippen LogP contribution in [0.4, 0.5) is 5.82 Å². The zero-order chi connectivity index (χ0) is 13.5. The van der Waals surface area contributed by atoms with Crippen LogP contribution < -0.4 is 10.2 Å². The second kappa shape index (κ2) is 7.04. The van der Waals surface area contributed by atoms with Crippen molar-refractivity contribution >= 4 is 11.7 Å². The largest absolute Gasteiger partial charge is 0.352 e. The SMILES string of the molecule is CCNCCC(=O)N1CCN(c2cnccn2)CC1. The Balaban J connectivity index is 1.77. The highest BCUT2D eigenvalue weighted by molar-refractivity contribution is 5.76. The van der Waals surface area contributed by atoms with E-state index in [1.54, 1.807) is 18.6 Å². The van der Waals surface area contributed by atoms with E-state index in [-0.39, 0.29) is 5.91 Å². The molecule has 1 aliphatic rings. The van der Waals surface area contributed by atoms with Gasteiger partial charge in [0.25, 0.3) is 0 Å². The number of nitrogens with one attached hydrogen (secondary N) is 1. The molecule has 0 unspecified atom stereocenters. The molecule has 1 fully saturated rings. The lowest BCUT2D eigenvalue weighted by Crippen LogP contribution is -2.49. The van der Waals surface area contributed by atoms with Gasteiger partial charge in [0.05, 0.1) is 6.20 Å². The highest BCUT2D eigenvalue weighted by Crippen LogP contribution is 2.11. The summed E-state index contributed by atoms with van der Waals surface area (Å²) in [6.45, 7) is 6.90. The molecule has 0 bridgehead atoms. The molecule has 1 amide bonds. The molecule has 2 rings (SSSR count). The second-order valence-corrected chi connectivity index (χ2v) is 4.53. The maximum atomic E-state index is 12.0. The van der Waals surface area contributed by atoms with E-state index in [0.717, 1.165) is 45.1 Å². The van der Waals surface area contributed by atoms with E-state index in [9.17, 15) is 4.79 Å². The summed E-state index contributed by atoms with van der Waals surface area (Å²) < 4.78 is 0. The van der Waals surface area contributed by atoms with Gasteiger partial charge in [-0.15, -0.1) is 0 Å². The monoisotopic (exact) mass is 263 g/mol. The molecule has 0 spiro atoms. The van der Waals surface area contributed by atoms with Gasteiger partial charge in [-0.05, 0) is 6.54 Å². The van der Waals surface area contributed by atoms with E-state index in [1.165, 1.54) is 0 Å². The Bertz CT molecular complexity index is 389. The Labute approximate surface area is 113 Å². The first-order valence-electron chi connectivity index (χ1n) is 6.80. The number of carbonyl (C=O) groups excluding carboxylic acids is 1. The maximum Gasteiger partial charge on any atom is 0.223 e. The lowest BCUT2D eigenvalue weighted by atomic mass is 10.2. The van der Waals surface area contributed by atoms with Crippen LogP contribution in [0.15, 0.2) is 18.6 Å². The second-order valence-electron chi connectivity index (χ2n) is 4.53. The zero-order valence-electron chi connectivity index (χ0n) is 11.4. The average molecular weight is 263 g/mol. The quantitative estimate of drug-likeness (QED) is 0.765. The van der Waals surface area contributed by atoms with Gasteiger partial charge in [-0.3, -0.25) is 9.78 Å². The van der Waals surface area contributed by atoms with Crippen LogP contribution >= 0.6 is 0 Å². The summed E-state index contributed by atoms with van der Waals surface area (Å²) >= 11 is 0. The number of aromatic nitrogens is 2. The molecule has 1 aromatic heterocycles. The number of carbonyl (C=O) groups is 1. The minimum absolute atomic E-state index is 0.236. The molecule has 6 heteroatoms. The summed E-state index contributed by atoms with van der Waals surface area (Å²) in [5.74, 6) is 1.13. The predicted molar refractivity (Wildman–Crippen MR) is 74.0 cm³/mol. The van der Waals surface area contributed by atoms with Gasteiger partial charge in [-0.2, -0.15) is 0 Å². The molecule has 0 aliphatic carbocycles. The number of rotatable bonds is 5. The van der Waals surface area contributed by atoms with Gasteiger partial charge in [-0.1, -0.05) is 6.92 Å². The summed E-state index contributed by atoms with van der Waals surface area (Å²) in [5, 5.41) is 3.18. The van der Waals surface area contributed by atoms with E-state index in [2.05, 4.69) is 20.2 Å². The smallest absolute Gasteiger partial charge is 0.223 e. The first-order valence-corrected chi connectivity index (χ1v) is 6.80. The van der Waals surface area contributed by atoms with Crippen LogP contribution in [0.5, 0.6) is 0 Å². The third kappa shape index (κ3) is 3.89. The van der Waals surface area contributed by atoms with Gasteiger partial charge in [0, 0.05) is 51.5 Å². The van der Waals surface area contributed by atoms with E-state index in [1.807, 2.05) is 11.8 Å². The number of anilines is 1. The third-order valence-electron chi connectivity index (χ3n) is 3.27. The minimum atomic E-state index is 0.236. The van der Waals surface area contributed by atoms with Crippen molar-refractivity contribution in [2.24, 2.45) is 0 Å². The molecule has 1 aliphatic heterocycles. The predicted octanol–water partition coefficient (Wildman–Crippen LogP) is 0.125. The Hall–Kier alpha value is -1.69.